The zero-order valence-electron chi connectivity index (χ0n) is 16.3. The summed E-state index contributed by atoms with van der Waals surface area (Å²) < 4.78 is 0.572. The lowest BCUT2D eigenvalue weighted by molar-refractivity contribution is -0.126. The van der Waals surface area contributed by atoms with Gasteiger partial charge in [0.25, 0.3) is 5.91 Å². The van der Waals surface area contributed by atoms with Crippen LogP contribution in [0.3, 0.4) is 0 Å². The van der Waals surface area contributed by atoms with Gasteiger partial charge in [0.1, 0.15) is 12.1 Å². The van der Waals surface area contributed by atoms with E-state index >= 15 is 0 Å². The minimum absolute atomic E-state index is 0.110. The van der Waals surface area contributed by atoms with Crippen LogP contribution in [-0.4, -0.2) is 52.2 Å². The molecule has 6 N–H and O–H groups in total. The lowest BCUT2D eigenvalue weighted by atomic mass is 9.89. The molecular weight excluding hydrogens is 442 g/mol. The minimum Gasteiger partial charge on any atom is -0.390 e. The summed E-state index contributed by atoms with van der Waals surface area (Å²) in [6, 6.07) is 4.94. The van der Waals surface area contributed by atoms with E-state index in [4.69, 9.17) is 5.73 Å². The summed E-state index contributed by atoms with van der Waals surface area (Å²) in [7, 11) is 0. The molecule has 1 aromatic rings. The molecule has 4 unspecified atom stereocenters. The molecule has 1 aromatic carbocycles. The van der Waals surface area contributed by atoms with Crippen molar-refractivity contribution in [1.29, 1.82) is 0 Å². The summed E-state index contributed by atoms with van der Waals surface area (Å²) in [4.78, 5) is 36.7. The highest BCUT2D eigenvalue weighted by Crippen LogP contribution is 2.22. The number of carbonyl (C=O) groups excluding carboxylic acids is 3. The molecule has 1 aliphatic carbocycles. The maximum atomic E-state index is 12.6. The molecule has 0 saturated carbocycles. The van der Waals surface area contributed by atoms with Crippen molar-refractivity contribution in [1.82, 2.24) is 10.6 Å². The summed E-state index contributed by atoms with van der Waals surface area (Å²) in [5, 5.41) is 25.6. The molecule has 0 spiro atoms. The number of amides is 3. The summed E-state index contributed by atoms with van der Waals surface area (Å²) >= 11 is 3.29. The van der Waals surface area contributed by atoms with Crippen LogP contribution in [0.4, 0.5) is 0 Å². The lowest BCUT2D eigenvalue weighted by Gasteiger charge is -2.31. The van der Waals surface area contributed by atoms with E-state index < -0.39 is 42.0 Å². The van der Waals surface area contributed by atoms with Gasteiger partial charge in [-0.25, -0.2) is 0 Å². The van der Waals surface area contributed by atoms with E-state index in [9.17, 15) is 24.6 Å². The molecule has 4 atom stereocenters. The van der Waals surface area contributed by atoms with Gasteiger partial charge in [-0.1, -0.05) is 32.1 Å². The van der Waals surface area contributed by atoms with Gasteiger partial charge in [-0.15, -0.1) is 0 Å². The molecule has 29 heavy (non-hydrogen) atoms. The van der Waals surface area contributed by atoms with Gasteiger partial charge in [-0.2, -0.15) is 0 Å². The number of primary amides is 1. The molecule has 8 nitrogen and oxygen atoms in total. The molecule has 0 heterocycles. The van der Waals surface area contributed by atoms with Crippen LogP contribution in [0.5, 0.6) is 0 Å². The van der Waals surface area contributed by atoms with Crippen molar-refractivity contribution < 1.29 is 24.6 Å². The molecule has 158 valence electrons. The largest absolute Gasteiger partial charge is 0.390 e. The molecule has 9 heteroatoms. The number of nitrogens with two attached hydrogens (primary N) is 1. The first-order valence-electron chi connectivity index (χ1n) is 9.32. The number of halogens is 1. The Hall–Kier alpha value is -2.23. The Morgan fingerprint density at radius 2 is 1.86 bits per heavy atom. The van der Waals surface area contributed by atoms with E-state index in [1.54, 1.807) is 24.3 Å². The Balaban J connectivity index is 2.17. The first-order valence-corrected chi connectivity index (χ1v) is 10.1. The Morgan fingerprint density at radius 1 is 1.21 bits per heavy atom. The minimum atomic E-state index is -1.28. The maximum Gasteiger partial charge on any atom is 0.252 e. The summed E-state index contributed by atoms with van der Waals surface area (Å²) in [6.07, 6.45) is -0.860. The van der Waals surface area contributed by atoms with Gasteiger partial charge in [0.2, 0.25) is 11.8 Å². The number of aliphatic hydroxyl groups is 2. The maximum absolute atomic E-state index is 12.6. The van der Waals surface area contributed by atoms with Crippen molar-refractivity contribution in [3.05, 3.63) is 46.0 Å². The Labute approximate surface area is 177 Å². The summed E-state index contributed by atoms with van der Waals surface area (Å²) in [5.41, 5.74) is 5.87. The Morgan fingerprint density at radius 3 is 2.45 bits per heavy atom. The zero-order valence-corrected chi connectivity index (χ0v) is 17.8. The average molecular weight is 468 g/mol. The SMILES string of the molecule is CC(C)CC(NC(=O)C1=CC(NC(=O)c2ccccc2Br)C(O)C(O)C1)C(N)=O. The van der Waals surface area contributed by atoms with Crippen molar-refractivity contribution >= 4 is 33.7 Å². The van der Waals surface area contributed by atoms with Crippen LogP contribution in [0.2, 0.25) is 0 Å². The van der Waals surface area contributed by atoms with Crippen LogP contribution < -0.4 is 16.4 Å². The lowest BCUT2D eigenvalue weighted by Crippen LogP contribution is -2.52. The molecule has 0 aromatic heterocycles. The normalized spacial score (nSPS) is 22.6. The van der Waals surface area contributed by atoms with Gasteiger partial charge in [0.05, 0.1) is 17.7 Å². The van der Waals surface area contributed by atoms with Crippen LogP contribution in [0, 0.1) is 5.92 Å². The van der Waals surface area contributed by atoms with E-state index in [0.717, 1.165) is 0 Å². The average Bonchev–Trinajstić information content (AvgIpc) is 2.64. The predicted molar refractivity (Wildman–Crippen MR) is 111 cm³/mol. The van der Waals surface area contributed by atoms with Gasteiger partial charge >= 0.3 is 0 Å². The van der Waals surface area contributed by atoms with Gasteiger partial charge in [-0.3, -0.25) is 14.4 Å². The molecule has 0 bridgehead atoms. The van der Waals surface area contributed by atoms with E-state index in [1.165, 1.54) is 6.08 Å². The first-order chi connectivity index (χ1) is 13.6. The molecular formula is C20H26BrN3O5. The highest BCUT2D eigenvalue weighted by Gasteiger charge is 2.34. The number of benzene rings is 1. The van der Waals surface area contributed by atoms with Crippen LogP contribution in [0.25, 0.3) is 0 Å². The van der Waals surface area contributed by atoms with Crippen molar-refractivity contribution in [3.63, 3.8) is 0 Å². The van der Waals surface area contributed by atoms with Gasteiger partial charge < -0.3 is 26.6 Å². The van der Waals surface area contributed by atoms with Crippen molar-refractivity contribution in [3.8, 4) is 0 Å². The van der Waals surface area contributed by atoms with Crippen LogP contribution in [-0.2, 0) is 9.59 Å². The van der Waals surface area contributed by atoms with E-state index in [1.807, 2.05) is 13.8 Å². The highest BCUT2D eigenvalue weighted by atomic mass is 79.9. The topological polar surface area (TPSA) is 142 Å². The molecule has 1 aliphatic rings. The smallest absolute Gasteiger partial charge is 0.252 e. The third kappa shape index (κ3) is 6.12. The van der Waals surface area contributed by atoms with Crippen LogP contribution in [0.15, 0.2) is 40.4 Å². The molecule has 3 amide bonds. The molecule has 0 saturated heterocycles. The van der Waals surface area contributed by atoms with E-state index in [2.05, 4.69) is 26.6 Å². The predicted octanol–water partition coefficient (Wildman–Crippen LogP) is 0.616. The monoisotopic (exact) mass is 467 g/mol. The van der Waals surface area contributed by atoms with Crippen LogP contribution >= 0.6 is 15.9 Å². The second kappa shape index (κ2) is 10.00. The number of aliphatic hydroxyl groups excluding tert-OH is 2. The second-order valence-corrected chi connectivity index (χ2v) is 8.35. The highest BCUT2D eigenvalue weighted by molar-refractivity contribution is 9.10. The van der Waals surface area contributed by atoms with Crippen molar-refractivity contribution in [2.75, 3.05) is 0 Å². The summed E-state index contributed by atoms with van der Waals surface area (Å²) in [5.74, 6) is -1.55. The number of nitrogens with one attached hydrogen (secondary N) is 2. The quantitative estimate of drug-likeness (QED) is 0.399. The molecule has 0 fully saturated rings. The number of rotatable bonds is 7. The van der Waals surface area contributed by atoms with E-state index in [-0.39, 0.29) is 17.9 Å². The third-order valence-electron chi connectivity index (χ3n) is 4.64. The number of carbonyl (C=O) groups is 3. The van der Waals surface area contributed by atoms with Gasteiger partial charge in [0.15, 0.2) is 0 Å². The van der Waals surface area contributed by atoms with Gasteiger partial charge in [0, 0.05) is 16.5 Å². The van der Waals surface area contributed by atoms with Crippen molar-refractivity contribution in [2.45, 2.75) is 51.0 Å². The van der Waals surface area contributed by atoms with Gasteiger partial charge in [-0.05, 0) is 40.4 Å². The summed E-state index contributed by atoms with van der Waals surface area (Å²) in [6.45, 7) is 3.80. The number of hydrogen-bond donors (Lipinski definition) is 5. The fraction of sp³-hybridized carbons (Fsp3) is 0.450. The van der Waals surface area contributed by atoms with E-state index in [0.29, 0.717) is 16.5 Å². The fourth-order valence-electron chi connectivity index (χ4n) is 3.11. The van der Waals surface area contributed by atoms with Crippen LogP contribution in [0.1, 0.15) is 37.0 Å². The molecule has 2 rings (SSSR count). The van der Waals surface area contributed by atoms with Crippen molar-refractivity contribution in [2.24, 2.45) is 11.7 Å². The zero-order chi connectivity index (χ0) is 21.7. The standard InChI is InChI=1S/C20H26BrN3O5/c1-10(2)7-15(18(22)27)24-19(28)11-8-14(17(26)16(25)9-11)23-20(29)12-5-3-4-6-13(12)21/h3-6,8,10,14-17,25-26H,7,9H2,1-2H3,(H2,22,27)(H,23,29)(H,24,28). The molecule has 0 radical (unpaired) electrons. The number of hydrogen-bond acceptors (Lipinski definition) is 5. The third-order valence-corrected chi connectivity index (χ3v) is 5.33. The fourth-order valence-corrected chi connectivity index (χ4v) is 3.57. The Bertz CT molecular complexity index is 811. The molecule has 0 aliphatic heterocycles. The Kier molecular flexibility index (Phi) is 7.95. The second-order valence-electron chi connectivity index (χ2n) is 7.49. The first kappa shape index (κ1) is 23.1.